The quantitative estimate of drug-likeness (QED) is 0.821. The van der Waals surface area contributed by atoms with Crippen LogP contribution >= 0.6 is 15.9 Å². The van der Waals surface area contributed by atoms with Crippen LogP contribution in [0.15, 0.2) is 29.0 Å². The fraction of sp³-hybridized carbons (Fsp3) is 0.308. The third kappa shape index (κ3) is 1.86. The summed E-state index contributed by atoms with van der Waals surface area (Å²) >= 11 is 3.43. The lowest BCUT2D eigenvalue weighted by Gasteiger charge is -2.15. The summed E-state index contributed by atoms with van der Waals surface area (Å²) in [7, 11) is 0. The molecule has 88 valence electrons. The molecule has 0 fully saturated rings. The molecule has 3 rings (SSSR count). The highest BCUT2D eigenvalue weighted by Crippen LogP contribution is 2.27. The van der Waals surface area contributed by atoms with Crippen LogP contribution in [0.1, 0.15) is 24.2 Å². The number of aromatic nitrogens is 2. The summed E-state index contributed by atoms with van der Waals surface area (Å²) in [5, 5.41) is 0. The first-order valence-corrected chi connectivity index (χ1v) is 6.65. The Morgan fingerprint density at radius 2 is 2.06 bits per heavy atom. The Morgan fingerprint density at radius 1 is 1.24 bits per heavy atom. The molecule has 0 bridgehead atoms. The second kappa shape index (κ2) is 4.18. The predicted molar refractivity (Wildman–Crippen MR) is 72.3 cm³/mol. The maximum Gasteiger partial charge on any atom is 0.0998 e. The zero-order valence-electron chi connectivity index (χ0n) is 9.49. The van der Waals surface area contributed by atoms with Crippen molar-refractivity contribution in [2.75, 3.05) is 5.73 Å². The van der Waals surface area contributed by atoms with Gasteiger partial charge in [-0.3, -0.25) is 0 Å². The van der Waals surface area contributed by atoms with E-state index in [1.807, 2.05) is 24.5 Å². The smallest absolute Gasteiger partial charge is 0.0998 e. The summed E-state index contributed by atoms with van der Waals surface area (Å²) in [6.07, 6.45) is 6.59. The van der Waals surface area contributed by atoms with Crippen molar-refractivity contribution < 1.29 is 0 Å². The van der Waals surface area contributed by atoms with Crippen molar-refractivity contribution in [1.29, 1.82) is 0 Å². The van der Waals surface area contributed by atoms with Gasteiger partial charge in [0, 0.05) is 10.2 Å². The molecule has 17 heavy (non-hydrogen) atoms. The molecule has 0 radical (unpaired) electrons. The van der Waals surface area contributed by atoms with Crippen molar-refractivity contribution in [3.63, 3.8) is 0 Å². The summed E-state index contributed by atoms with van der Waals surface area (Å²) < 4.78 is 3.14. The van der Waals surface area contributed by atoms with Gasteiger partial charge in [0.25, 0.3) is 0 Å². The standard InChI is InChI=1S/C13H14BrN3/c14-9-5-6-12(10(15)7-9)17-8-16-11-3-1-2-4-13(11)17/h5-8H,1-4,15H2. The largest absolute Gasteiger partial charge is 0.397 e. The highest BCUT2D eigenvalue weighted by molar-refractivity contribution is 9.10. The second-order valence-corrected chi connectivity index (χ2v) is 5.33. The molecule has 2 aromatic rings. The highest BCUT2D eigenvalue weighted by Gasteiger charge is 2.16. The molecule has 2 N–H and O–H groups in total. The van der Waals surface area contributed by atoms with Crippen LogP contribution in [0.5, 0.6) is 0 Å². The molecule has 1 heterocycles. The molecule has 0 spiro atoms. The van der Waals surface area contributed by atoms with Gasteiger partial charge in [0.15, 0.2) is 0 Å². The lowest BCUT2D eigenvalue weighted by molar-refractivity contribution is 0.656. The van der Waals surface area contributed by atoms with E-state index in [1.54, 1.807) is 0 Å². The molecule has 1 aliphatic rings. The van der Waals surface area contributed by atoms with Gasteiger partial charge in [0.2, 0.25) is 0 Å². The summed E-state index contributed by atoms with van der Waals surface area (Å²) in [6.45, 7) is 0. The molecule has 1 aromatic heterocycles. The van der Waals surface area contributed by atoms with Crippen molar-refractivity contribution in [3.05, 3.63) is 40.4 Å². The van der Waals surface area contributed by atoms with Crippen LogP contribution < -0.4 is 5.73 Å². The summed E-state index contributed by atoms with van der Waals surface area (Å²) in [5.74, 6) is 0. The van der Waals surface area contributed by atoms with Crippen molar-refractivity contribution in [1.82, 2.24) is 9.55 Å². The Morgan fingerprint density at radius 3 is 2.88 bits per heavy atom. The minimum Gasteiger partial charge on any atom is -0.397 e. The fourth-order valence-electron chi connectivity index (χ4n) is 2.42. The minimum absolute atomic E-state index is 0.783. The summed E-state index contributed by atoms with van der Waals surface area (Å²) in [5.41, 5.74) is 10.4. The van der Waals surface area contributed by atoms with Gasteiger partial charge in [0.1, 0.15) is 0 Å². The van der Waals surface area contributed by atoms with Gasteiger partial charge in [-0.2, -0.15) is 0 Å². The van der Waals surface area contributed by atoms with Gasteiger partial charge >= 0.3 is 0 Å². The highest BCUT2D eigenvalue weighted by atomic mass is 79.9. The SMILES string of the molecule is Nc1cc(Br)ccc1-n1cnc2c1CCCC2. The van der Waals surface area contributed by atoms with E-state index < -0.39 is 0 Å². The number of aryl methyl sites for hydroxylation is 1. The first-order chi connectivity index (χ1) is 8.25. The molecule has 0 saturated carbocycles. The van der Waals surface area contributed by atoms with Gasteiger partial charge in [-0.15, -0.1) is 0 Å². The third-order valence-corrected chi connectivity index (χ3v) is 3.77. The molecule has 0 aliphatic heterocycles. The Kier molecular flexibility index (Phi) is 2.67. The van der Waals surface area contributed by atoms with Crippen molar-refractivity contribution in [2.24, 2.45) is 0 Å². The van der Waals surface area contributed by atoms with Crippen LogP contribution in [0.4, 0.5) is 5.69 Å². The van der Waals surface area contributed by atoms with Crippen LogP contribution in [0, 0.1) is 0 Å². The van der Waals surface area contributed by atoms with E-state index in [1.165, 1.54) is 24.2 Å². The zero-order chi connectivity index (χ0) is 11.8. The number of halogens is 1. The van der Waals surface area contributed by atoms with E-state index in [0.717, 1.165) is 28.7 Å². The third-order valence-electron chi connectivity index (χ3n) is 3.28. The first-order valence-electron chi connectivity index (χ1n) is 5.86. The van der Waals surface area contributed by atoms with E-state index in [4.69, 9.17) is 5.73 Å². The van der Waals surface area contributed by atoms with Gasteiger partial charge in [0.05, 0.1) is 23.4 Å². The Bertz CT molecular complexity index is 560. The number of hydrogen-bond donors (Lipinski definition) is 1. The molecule has 1 aromatic carbocycles. The average molecular weight is 292 g/mol. The van der Waals surface area contributed by atoms with E-state index in [9.17, 15) is 0 Å². The van der Waals surface area contributed by atoms with Crippen LogP contribution in [-0.2, 0) is 12.8 Å². The zero-order valence-corrected chi connectivity index (χ0v) is 11.1. The minimum atomic E-state index is 0.783. The lowest BCUT2D eigenvalue weighted by Crippen LogP contribution is -2.08. The number of rotatable bonds is 1. The topological polar surface area (TPSA) is 43.8 Å². The van der Waals surface area contributed by atoms with Gasteiger partial charge in [-0.05, 0) is 43.9 Å². The number of fused-ring (bicyclic) bond motifs is 1. The van der Waals surface area contributed by atoms with Crippen molar-refractivity contribution in [3.8, 4) is 5.69 Å². The van der Waals surface area contributed by atoms with Gasteiger partial charge in [-0.25, -0.2) is 4.98 Å². The maximum atomic E-state index is 6.07. The van der Waals surface area contributed by atoms with E-state index in [2.05, 4.69) is 25.5 Å². The molecule has 3 nitrogen and oxygen atoms in total. The second-order valence-electron chi connectivity index (χ2n) is 4.42. The predicted octanol–water partition coefficient (Wildman–Crippen LogP) is 3.10. The molecule has 0 atom stereocenters. The fourth-order valence-corrected chi connectivity index (χ4v) is 2.80. The number of benzene rings is 1. The number of nitrogens with two attached hydrogens (primary N) is 1. The average Bonchev–Trinajstić information content (AvgIpc) is 2.73. The number of imidazole rings is 1. The normalized spacial score (nSPS) is 14.6. The molecule has 4 heteroatoms. The van der Waals surface area contributed by atoms with Crippen molar-refractivity contribution >= 4 is 21.6 Å². The maximum absolute atomic E-state index is 6.07. The first kappa shape index (κ1) is 10.8. The molecular weight excluding hydrogens is 278 g/mol. The van der Waals surface area contributed by atoms with Gasteiger partial charge < -0.3 is 10.3 Å². The van der Waals surface area contributed by atoms with Crippen LogP contribution in [0.3, 0.4) is 0 Å². The Hall–Kier alpha value is -1.29. The molecule has 0 unspecified atom stereocenters. The summed E-state index contributed by atoms with van der Waals surface area (Å²) in [6, 6.07) is 5.99. The molecule has 1 aliphatic carbocycles. The number of nitrogens with zero attached hydrogens (tertiary/aromatic N) is 2. The number of anilines is 1. The molecular formula is C13H14BrN3. The lowest BCUT2D eigenvalue weighted by atomic mass is 10.0. The molecule has 0 amide bonds. The van der Waals surface area contributed by atoms with Crippen molar-refractivity contribution in [2.45, 2.75) is 25.7 Å². The van der Waals surface area contributed by atoms with Crippen LogP contribution in [-0.4, -0.2) is 9.55 Å². The van der Waals surface area contributed by atoms with Gasteiger partial charge in [-0.1, -0.05) is 15.9 Å². The number of hydrogen-bond acceptors (Lipinski definition) is 2. The van der Waals surface area contributed by atoms with E-state index in [0.29, 0.717) is 0 Å². The monoisotopic (exact) mass is 291 g/mol. The number of nitrogen functional groups attached to an aromatic ring is 1. The van der Waals surface area contributed by atoms with E-state index in [-0.39, 0.29) is 0 Å². The Balaban J connectivity index is 2.12. The summed E-state index contributed by atoms with van der Waals surface area (Å²) in [4.78, 5) is 4.49. The van der Waals surface area contributed by atoms with Crippen LogP contribution in [0.2, 0.25) is 0 Å². The Labute approximate surface area is 109 Å². The van der Waals surface area contributed by atoms with E-state index >= 15 is 0 Å². The molecule has 0 saturated heterocycles. The van der Waals surface area contributed by atoms with Crippen LogP contribution in [0.25, 0.3) is 5.69 Å².